The van der Waals surface area contributed by atoms with Crippen LogP contribution in [0.15, 0.2) is 127 Å². The van der Waals surface area contributed by atoms with Crippen LogP contribution in [0.3, 0.4) is 0 Å². The summed E-state index contributed by atoms with van der Waals surface area (Å²) in [6.07, 6.45) is 0. The number of rotatable bonds is 9. The van der Waals surface area contributed by atoms with E-state index in [1.54, 1.807) is 0 Å². The maximum Gasteiger partial charge on any atom is 0.142 e. The summed E-state index contributed by atoms with van der Waals surface area (Å²) >= 11 is 0. The minimum absolute atomic E-state index is 0.357. The van der Waals surface area contributed by atoms with E-state index in [4.69, 9.17) is 9.47 Å². The van der Waals surface area contributed by atoms with Gasteiger partial charge < -0.3 is 9.47 Å². The fourth-order valence-electron chi connectivity index (χ4n) is 4.50. The van der Waals surface area contributed by atoms with Crippen LogP contribution in [0, 0.1) is 4.91 Å². The number of hydrogen-bond acceptors (Lipinski definition) is 6. The Labute approximate surface area is 225 Å². The standard InChI is InChI=1S/C33H25N3O3/c37-36-33(25-11-17-29(18-12-25)38-21-27-15-9-23-5-1-3-7-31(23)34-27)26-13-19-30(20-14-26)39-22-28-16-10-24-6-2-4-8-32(24)35-28/h1-20,33H,21-22H2. The van der Waals surface area contributed by atoms with Crippen LogP contribution >= 0.6 is 0 Å². The van der Waals surface area contributed by atoms with Crippen LogP contribution in [0.4, 0.5) is 0 Å². The van der Waals surface area contributed by atoms with Crippen molar-refractivity contribution in [2.45, 2.75) is 19.3 Å². The second-order valence-corrected chi connectivity index (χ2v) is 9.21. The molecule has 0 atom stereocenters. The lowest BCUT2D eigenvalue weighted by atomic mass is 9.99. The first kappa shape index (κ1) is 24.2. The van der Waals surface area contributed by atoms with Crippen molar-refractivity contribution in [1.82, 2.24) is 9.97 Å². The summed E-state index contributed by atoms with van der Waals surface area (Å²) in [6.45, 7) is 0.714. The Morgan fingerprint density at radius 1 is 0.538 bits per heavy atom. The molecule has 0 fully saturated rings. The van der Waals surface area contributed by atoms with Crippen LogP contribution in [0.1, 0.15) is 28.6 Å². The minimum Gasteiger partial charge on any atom is -0.487 e. The molecule has 2 aromatic heterocycles. The molecular weight excluding hydrogens is 486 g/mol. The summed E-state index contributed by atoms with van der Waals surface area (Å²) in [6, 6.07) is 38.2. The van der Waals surface area contributed by atoms with Crippen molar-refractivity contribution < 1.29 is 9.47 Å². The highest BCUT2D eigenvalue weighted by molar-refractivity contribution is 5.79. The Hall–Kier alpha value is -5.10. The van der Waals surface area contributed by atoms with E-state index in [-0.39, 0.29) is 0 Å². The lowest BCUT2D eigenvalue weighted by molar-refractivity contribution is 0.301. The number of benzene rings is 4. The Balaban J connectivity index is 1.08. The number of nitroso groups, excluding NO2 is 1. The van der Waals surface area contributed by atoms with E-state index in [9.17, 15) is 4.91 Å². The molecule has 0 radical (unpaired) electrons. The van der Waals surface area contributed by atoms with Crippen molar-refractivity contribution in [2.75, 3.05) is 0 Å². The summed E-state index contributed by atoms with van der Waals surface area (Å²) in [7, 11) is 0. The zero-order valence-electron chi connectivity index (χ0n) is 21.1. The third-order valence-electron chi connectivity index (χ3n) is 6.58. The predicted octanol–water partition coefficient (Wildman–Crippen LogP) is 7.80. The van der Waals surface area contributed by atoms with Gasteiger partial charge in [0.25, 0.3) is 0 Å². The van der Waals surface area contributed by atoms with E-state index in [0.29, 0.717) is 24.7 Å². The summed E-state index contributed by atoms with van der Waals surface area (Å²) in [5.41, 5.74) is 5.16. The van der Waals surface area contributed by atoms with Crippen LogP contribution in [-0.2, 0) is 13.2 Å². The van der Waals surface area contributed by atoms with Crippen molar-refractivity contribution >= 4 is 21.8 Å². The lowest BCUT2D eigenvalue weighted by Crippen LogP contribution is -2.01. The van der Waals surface area contributed by atoms with Gasteiger partial charge in [0.15, 0.2) is 0 Å². The molecule has 0 amide bonds. The molecule has 6 heteroatoms. The highest BCUT2D eigenvalue weighted by Gasteiger charge is 2.15. The zero-order chi connectivity index (χ0) is 26.4. The second-order valence-electron chi connectivity index (χ2n) is 9.21. The van der Waals surface area contributed by atoms with Gasteiger partial charge in [-0.3, -0.25) is 0 Å². The quantitative estimate of drug-likeness (QED) is 0.185. The van der Waals surface area contributed by atoms with Crippen LogP contribution in [0.25, 0.3) is 21.8 Å². The molecule has 4 aromatic carbocycles. The highest BCUT2D eigenvalue weighted by atomic mass is 16.5. The van der Waals surface area contributed by atoms with E-state index < -0.39 is 6.04 Å². The van der Waals surface area contributed by atoms with Gasteiger partial charge in [-0.25, -0.2) is 9.97 Å². The smallest absolute Gasteiger partial charge is 0.142 e. The first-order chi connectivity index (χ1) is 19.2. The Morgan fingerprint density at radius 2 is 0.974 bits per heavy atom. The predicted molar refractivity (Wildman–Crippen MR) is 153 cm³/mol. The maximum atomic E-state index is 11.8. The minimum atomic E-state index is -0.627. The summed E-state index contributed by atoms with van der Waals surface area (Å²) in [5, 5.41) is 5.57. The fourth-order valence-corrected chi connectivity index (χ4v) is 4.50. The van der Waals surface area contributed by atoms with Gasteiger partial charge in [-0.05, 0) is 59.7 Å². The van der Waals surface area contributed by atoms with E-state index in [2.05, 4.69) is 15.1 Å². The van der Waals surface area contributed by atoms with Gasteiger partial charge >= 0.3 is 0 Å². The molecule has 0 aliphatic rings. The highest BCUT2D eigenvalue weighted by Crippen LogP contribution is 2.29. The van der Waals surface area contributed by atoms with Gasteiger partial charge in [0.1, 0.15) is 30.8 Å². The van der Waals surface area contributed by atoms with Crippen LogP contribution in [0.2, 0.25) is 0 Å². The van der Waals surface area contributed by atoms with Crippen molar-refractivity contribution in [3.63, 3.8) is 0 Å². The van der Waals surface area contributed by atoms with Crippen molar-refractivity contribution in [2.24, 2.45) is 5.18 Å². The molecular formula is C33H25N3O3. The number of hydrogen-bond donors (Lipinski definition) is 0. The first-order valence-electron chi connectivity index (χ1n) is 12.7. The molecule has 0 aliphatic heterocycles. The van der Waals surface area contributed by atoms with E-state index >= 15 is 0 Å². The maximum absolute atomic E-state index is 11.8. The molecule has 190 valence electrons. The molecule has 6 rings (SSSR count). The molecule has 39 heavy (non-hydrogen) atoms. The number of fused-ring (bicyclic) bond motifs is 2. The molecule has 6 nitrogen and oxygen atoms in total. The molecule has 2 heterocycles. The van der Waals surface area contributed by atoms with Gasteiger partial charge in [0.2, 0.25) is 0 Å². The molecule has 0 N–H and O–H groups in total. The number of para-hydroxylation sites is 2. The van der Waals surface area contributed by atoms with Crippen molar-refractivity contribution in [3.05, 3.63) is 149 Å². The van der Waals surface area contributed by atoms with Gasteiger partial charge in [0, 0.05) is 10.8 Å². The molecule has 0 spiro atoms. The van der Waals surface area contributed by atoms with Gasteiger partial charge in [-0.15, -0.1) is 4.91 Å². The summed E-state index contributed by atoms with van der Waals surface area (Å²) in [4.78, 5) is 21.1. The van der Waals surface area contributed by atoms with Gasteiger partial charge in [-0.1, -0.05) is 78.0 Å². The van der Waals surface area contributed by atoms with E-state index in [1.165, 1.54) is 0 Å². The Bertz CT molecular complexity index is 1610. The summed E-state index contributed by atoms with van der Waals surface area (Å²) in [5.74, 6) is 1.40. The lowest BCUT2D eigenvalue weighted by Gasteiger charge is -2.13. The third kappa shape index (κ3) is 5.60. The van der Waals surface area contributed by atoms with E-state index in [1.807, 2.05) is 121 Å². The monoisotopic (exact) mass is 511 g/mol. The topological polar surface area (TPSA) is 73.7 Å². The van der Waals surface area contributed by atoms with Crippen LogP contribution < -0.4 is 9.47 Å². The third-order valence-corrected chi connectivity index (χ3v) is 6.58. The average Bonchev–Trinajstić information content (AvgIpc) is 3.00. The van der Waals surface area contributed by atoms with Gasteiger partial charge in [-0.2, -0.15) is 0 Å². The fraction of sp³-hybridized carbons (Fsp3) is 0.0909. The number of ether oxygens (including phenoxy) is 2. The van der Waals surface area contributed by atoms with Crippen LogP contribution in [0.5, 0.6) is 11.5 Å². The Kier molecular flexibility index (Phi) is 6.91. The zero-order valence-corrected chi connectivity index (χ0v) is 21.1. The molecule has 0 bridgehead atoms. The van der Waals surface area contributed by atoms with Gasteiger partial charge in [0.05, 0.1) is 22.4 Å². The molecule has 0 saturated heterocycles. The largest absolute Gasteiger partial charge is 0.487 e. The van der Waals surface area contributed by atoms with Crippen molar-refractivity contribution in [1.29, 1.82) is 0 Å². The number of nitrogens with zero attached hydrogens (tertiary/aromatic N) is 3. The molecule has 0 aliphatic carbocycles. The Morgan fingerprint density at radius 3 is 1.41 bits per heavy atom. The average molecular weight is 512 g/mol. The molecule has 0 unspecified atom stereocenters. The van der Waals surface area contributed by atoms with E-state index in [0.717, 1.165) is 44.3 Å². The SMILES string of the molecule is O=NC(c1ccc(OCc2ccc3ccccc3n2)cc1)c1ccc(OCc2ccc3ccccc3n2)cc1. The molecule has 6 aromatic rings. The van der Waals surface area contributed by atoms with Crippen molar-refractivity contribution in [3.8, 4) is 11.5 Å². The second kappa shape index (κ2) is 11.1. The molecule has 0 saturated carbocycles. The number of aromatic nitrogens is 2. The summed E-state index contributed by atoms with van der Waals surface area (Å²) < 4.78 is 11.8. The number of pyridine rings is 2. The first-order valence-corrected chi connectivity index (χ1v) is 12.7. The normalized spacial score (nSPS) is 11.1. The van der Waals surface area contributed by atoms with Crippen LogP contribution in [-0.4, -0.2) is 9.97 Å².